The van der Waals surface area contributed by atoms with Gasteiger partial charge in [-0.2, -0.15) is 0 Å². The fourth-order valence-corrected chi connectivity index (χ4v) is 3.42. The summed E-state index contributed by atoms with van der Waals surface area (Å²) in [6.07, 6.45) is 3.48. The van der Waals surface area contributed by atoms with Crippen LogP contribution in [-0.2, 0) is 0 Å². The Labute approximate surface area is 130 Å². The number of methoxy groups -OCH3 is 1. The first-order valence-electron chi connectivity index (χ1n) is 6.80. The molecule has 4 nitrogen and oxygen atoms in total. The zero-order chi connectivity index (χ0) is 15.1. The standard InChI is InChI=1S/C17H12N2O2S/c1-21-12-8-10-4-2-6-18-15(10)16-14(12)17(20)11(9-19-16)13-5-3-7-22-13/h2-9H,1H3,(H,19,20). The van der Waals surface area contributed by atoms with Crippen molar-refractivity contribution in [3.8, 4) is 16.2 Å². The van der Waals surface area contributed by atoms with Crippen molar-refractivity contribution in [2.24, 2.45) is 0 Å². The van der Waals surface area contributed by atoms with E-state index >= 15 is 0 Å². The van der Waals surface area contributed by atoms with E-state index in [-0.39, 0.29) is 5.43 Å². The molecular formula is C17H12N2O2S. The summed E-state index contributed by atoms with van der Waals surface area (Å²) < 4.78 is 5.44. The van der Waals surface area contributed by atoms with Gasteiger partial charge in [0.15, 0.2) is 0 Å². The predicted molar refractivity (Wildman–Crippen MR) is 89.7 cm³/mol. The average molecular weight is 308 g/mol. The summed E-state index contributed by atoms with van der Waals surface area (Å²) >= 11 is 1.54. The molecule has 5 heteroatoms. The number of thiophene rings is 1. The summed E-state index contributed by atoms with van der Waals surface area (Å²) in [7, 11) is 1.58. The van der Waals surface area contributed by atoms with Crippen molar-refractivity contribution >= 4 is 33.1 Å². The summed E-state index contributed by atoms with van der Waals surface area (Å²) in [5.74, 6) is 0.565. The average Bonchev–Trinajstić information content (AvgIpc) is 3.08. The first-order chi connectivity index (χ1) is 10.8. The Balaban J connectivity index is 2.18. The molecule has 4 rings (SSSR count). The second kappa shape index (κ2) is 4.96. The molecule has 0 saturated carbocycles. The predicted octanol–water partition coefficient (Wildman–Crippen LogP) is 3.81. The number of ether oxygens (including phenoxy) is 1. The van der Waals surface area contributed by atoms with Gasteiger partial charge in [0, 0.05) is 22.7 Å². The lowest BCUT2D eigenvalue weighted by atomic mass is 10.1. The molecule has 3 aromatic heterocycles. The molecule has 22 heavy (non-hydrogen) atoms. The number of nitrogens with one attached hydrogen (secondary N) is 1. The van der Waals surface area contributed by atoms with Crippen LogP contribution < -0.4 is 10.2 Å². The lowest BCUT2D eigenvalue weighted by Crippen LogP contribution is -2.08. The molecule has 0 spiro atoms. The summed E-state index contributed by atoms with van der Waals surface area (Å²) in [5.41, 5.74) is 2.09. The van der Waals surface area contributed by atoms with Crippen LogP contribution in [0.4, 0.5) is 0 Å². The van der Waals surface area contributed by atoms with E-state index in [1.807, 2.05) is 35.7 Å². The fourth-order valence-electron chi connectivity index (χ4n) is 2.68. The molecule has 0 radical (unpaired) electrons. The molecule has 4 aromatic rings. The number of fused-ring (bicyclic) bond motifs is 3. The van der Waals surface area contributed by atoms with Crippen LogP contribution in [0.2, 0.25) is 0 Å². The molecule has 0 amide bonds. The van der Waals surface area contributed by atoms with Crippen LogP contribution in [0.1, 0.15) is 0 Å². The monoisotopic (exact) mass is 308 g/mol. The molecule has 0 fully saturated rings. The summed E-state index contributed by atoms with van der Waals surface area (Å²) in [6.45, 7) is 0. The number of nitrogens with zero attached hydrogens (tertiary/aromatic N) is 1. The van der Waals surface area contributed by atoms with Crippen LogP contribution in [0.25, 0.3) is 32.2 Å². The molecule has 0 saturated heterocycles. The molecule has 0 aliphatic carbocycles. The van der Waals surface area contributed by atoms with Gasteiger partial charge in [-0.1, -0.05) is 12.1 Å². The number of aromatic amines is 1. The maximum atomic E-state index is 12.9. The third-order valence-corrected chi connectivity index (χ3v) is 4.60. The number of hydrogen-bond acceptors (Lipinski definition) is 4. The van der Waals surface area contributed by atoms with Gasteiger partial charge in [0.1, 0.15) is 5.75 Å². The van der Waals surface area contributed by atoms with E-state index in [0.29, 0.717) is 22.2 Å². The molecule has 0 unspecified atom stereocenters. The molecular weight excluding hydrogens is 296 g/mol. The smallest absolute Gasteiger partial charge is 0.201 e. The van der Waals surface area contributed by atoms with Crippen LogP contribution in [-0.4, -0.2) is 17.1 Å². The van der Waals surface area contributed by atoms with Crippen molar-refractivity contribution in [2.45, 2.75) is 0 Å². The molecule has 0 aliphatic rings. The van der Waals surface area contributed by atoms with Crippen molar-refractivity contribution in [1.29, 1.82) is 0 Å². The normalized spacial score (nSPS) is 11.1. The number of pyridine rings is 2. The second-order valence-electron chi connectivity index (χ2n) is 4.91. The molecule has 0 bridgehead atoms. The van der Waals surface area contributed by atoms with Gasteiger partial charge >= 0.3 is 0 Å². The van der Waals surface area contributed by atoms with Gasteiger partial charge in [-0.15, -0.1) is 11.3 Å². The minimum atomic E-state index is -0.0411. The Kier molecular flexibility index (Phi) is 2.94. The van der Waals surface area contributed by atoms with E-state index in [2.05, 4.69) is 9.97 Å². The van der Waals surface area contributed by atoms with E-state index in [1.165, 1.54) is 11.3 Å². The SMILES string of the molecule is COc1cc2cccnc2c2[nH]cc(-c3cccs3)c(=O)c12. The Morgan fingerprint density at radius 3 is 2.95 bits per heavy atom. The van der Waals surface area contributed by atoms with Crippen molar-refractivity contribution in [3.05, 3.63) is 58.3 Å². The summed E-state index contributed by atoms with van der Waals surface area (Å²) in [6, 6.07) is 9.55. The number of rotatable bonds is 2. The maximum absolute atomic E-state index is 12.9. The molecule has 1 aromatic carbocycles. The van der Waals surface area contributed by atoms with Crippen LogP contribution in [0, 0.1) is 0 Å². The van der Waals surface area contributed by atoms with Crippen molar-refractivity contribution in [2.75, 3.05) is 7.11 Å². The Morgan fingerprint density at radius 1 is 1.27 bits per heavy atom. The lowest BCUT2D eigenvalue weighted by Gasteiger charge is -2.09. The Hall–Kier alpha value is -2.66. The van der Waals surface area contributed by atoms with Gasteiger partial charge in [-0.05, 0) is 23.6 Å². The number of H-pyrrole nitrogens is 1. The van der Waals surface area contributed by atoms with E-state index in [9.17, 15) is 4.79 Å². The third kappa shape index (κ3) is 1.83. The molecule has 0 aliphatic heterocycles. The fraction of sp³-hybridized carbons (Fsp3) is 0.0588. The van der Waals surface area contributed by atoms with Crippen LogP contribution in [0.3, 0.4) is 0 Å². The first kappa shape index (κ1) is 13.0. The molecule has 108 valence electrons. The van der Waals surface area contributed by atoms with Crippen LogP contribution in [0.5, 0.6) is 5.75 Å². The van der Waals surface area contributed by atoms with E-state index in [4.69, 9.17) is 4.74 Å². The largest absolute Gasteiger partial charge is 0.496 e. The highest BCUT2D eigenvalue weighted by molar-refractivity contribution is 7.13. The van der Waals surface area contributed by atoms with Gasteiger partial charge in [-0.3, -0.25) is 9.78 Å². The number of benzene rings is 1. The number of aromatic nitrogens is 2. The number of hydrogen-bond donors (Lipinski definition) is 1. The molecule has 0 atom stereocenters. The third-order valence-electron chi connectivity index (χ3n) is 3.70. The van der Waals surface area contributed by atoms with Gasteiger partial charge in [0.2, 0.25) is 5.43 Å². The zero-order valence-electron chi connectivity index (χ0n) is 11.8. The van der Waals surface area contributed by atoms with Gasteiger partial charge in [0.05, 0.1) is 29.1 Å². The van der Waals surface area contributed by atoms with Crippen molar-refractivity contribution in [3.63, 3.8) is 0 Å². The highest BCUT2D eigenvalue weighted by Gasteiger charge is 2.15. The van der Waals surface area contributed by atoms with E-state index in [0.717, 1.165) is 15.8 Å². The molecule has 3 heterocycles. The second-order valence-corrected chi connectivity index (χ2v) is 5.86. The first-order valence-corrected chi connectivity index (χ1v) is 7.68. The minimum Gasteiger partial charge on any atom is -0.496 e. The van der Waals surface area contributed by atoms with E-state index in [1.54, 1.807) is 19.5 Å². The van der Waals surface area contributed by atoms with Crippen molar-refractivity contribution < 1.29 is 4.74 Å². The van der Waals surface area contributed by atoms with Gasteiger partial charge < -0.3 is 9.72 Å². The van der Waals surface area contributed by atoms with Gasteiger partial charge in [0.25, 0.3) is 0 Å². The topological polar surface area (TPSA) is 55.0 Å². The van der Waals surface area contributed by atoms with E-state index < -0.39 is 0 Å². The van der Waals surface area contributed by atoms with Crippen LogP contribution in [0.15, 0.2) is 52.9 Å². The maximum Gasteiger partial charge on any atom is 0.201 e. The quantitative estimate of drug-likeness (QED) is 0.573. The summed E-state index contributed by atoms with van der Waals surface area (Å²) in [4.78, 5) is 21.5. The zero-order valence-corrected chi connectivity index (χ0v) is 12.6. The Morgan fingerprint density at radius 2 is 2.18 bits per heavy atom. The lowest BCUT2D eigenvalue weighted by molar-refractivity contribution is 0.420. The highest BCUT2D eigenvalue weighted by Crippen LogP contribution is 2.31. The minimum absolute atomic E-state index is 0.0411. The van der Waals surface area contributed by atoms with Gasteiger partial charge in [-0.25, -0.2) is 0 Å². The Bertz CT molecular complexity index is 1040. The summed E-state index contributed by atoms with van der Waals surface area (Å²) in [5, 5.41) is 3.43. The highest BCUT2D eigenvalue weighted by atomic mass is 32.1. The van der Waals surface area contributed by atoms with Crippen molar-refractivity contribution in [1.82, 2.24) is 9.97 Å². The molecule has 1 N–H and O–H groups in total. The van der Waals surface area contributed by atoms with Crippen LogP contribution >= 0.6 is 11.3 Å².